The smallest absolute Gasteiger partial charge is 0.276 e. The SMILES string of the molecule is COc1cccc(CN(Cc2ccco2)c2cnc(S(C)(=O)=O)nc2C(=O)Nc2cccc(Cl)c2)c1. The van der Waals surface area contributed by atoms with E-state index in [2.05, 4.69) is 15.3 Å². The zero-order valence-corrected chi connectivity index (χ0v) is 21.1. The molecule has 0 atom stereocenters. The van der Waals surface area contributed by atoms with Gasteiger partial charge in [-0.15, -0.1) is 0 Å². The van der Waals surface area contributed by atoms with Gasteiger partial charge >= 0.3 is 0 Å². The Labute approximate surface area is 213 Å². The summed E-state index contributed by atoms with van der Waals surface area (Å²) >= 11 is 6.05. The number of sulfone groups is 1. The molecule has 0 bridgehead atoms. The molecule has 1 amide bonds. The first-order chi connectivity index (χ1) is 17.2. The summed E-state index contributed by atoms with van der Waals surface area (Å²) in [5.41, 5.74) is 1.53. The van der Waals surface area contributed by atoms with Gasteiger partial charge in [0, 0.05) is 23.5 Å². The van der Waals surface area contributed by atoms with Gasteiger partial charge < -0.3 is 19.4 Å². The van der Waals surface area contributed by atoms with Gasteiger partial charge in [0.15, 0.2) is 5.69 Å². The van der Waals surface area contributed by atoms with Crippen molar-refractivity contribution < 1.29 is 22.4 Å². The first-order valence-electron chi connectivity index (χ1n) is 10.8. The second kappa shape index (κ2) is 10.8. The molecule has 0 fully saturated rings. The summed E-state index contributed by atoms with van der Waals surface area (Å²) in [6.07, 6.45) is 3.87. The van der Waals surface area contributed by atoms with Gasteiger partial charge in [0.05, 0.1) is 31.8 Å². The van der Waals surface area contributed by atoms with Crippen molar-refractivity contribution in [3.8, 4) is 5.75 Å². The number of anilines is 2. The van der Waals surface area contributed by atoms with Crippen LogP contribution < -0.4 is 15.0 Å². The average molecular weight is 527 g/mol. The molecule has 11 heteroatoms. The molecule has 36 heavy (non-hydrogen) atoms. The van der Waals surface area contributed by atoms with E-state index in [0.29, 0.717) is 34.5 Å². The van der Waals surface area contributed by atoms with Gasteiger partial charge in [-0.25, -0.2) is 18.4 Å². The van der Waals surface area contributed by atoms with Crippen LogP contribution >= 0.6 is 11.6 Å². The minimum absolute atomic E-state index is 0.111. The molecule has 0 spiro atoms. The van der Waals surface area contributed by atoms with Crippen LogP contribution in [0.4, 0.5) is 11.4 Å². The fraction of sp³-hybridized carbons (Fsp3) is 0.160. The fourth-order valence-corrected chi connectivity index (χ4v) is 4.19. The number of furan rings is 1. The van der Waals surface area contributed by atoms with Crippen LogP contribution in [0.3, 0.4) is 0 Å². The van der Waals surface area contributed by atoms with Crippen molar-refractivity contribution in [2.75, 3.05) is 23.6 Å². The third kappa shape index (κ3) is 6.21. The first kappa shape index (κ1) is 25.2. The summed E-state index contributed by atoms with van der Waals surface area (Å²) in [7, 11) is -2.20. The van der Waals surface area contributed by atoms with Crippen molar-refractivity contribution >= 4 is 38.7 Å². The number of benzene rings is 2. The summed E-state index contributed by atoms with van der Waals surface area (Å²) in [4.78, 5) is 23.4. The molecule has 0 unspecified atom stereocenters. The number of nitrogens with zero attached hydrogens (tertiary/aromatic N) is 3. The lowest BCUT2D eigenvalue weighted by Crippen LogP contribution is -2.27. The van der Waals surface area contributed by atoms with E-state index in [4.69, 9.17) is 20.8 Å². The number of hydrogen-bond donors (Lipinski definition) is 1. The monoisotopic (exact) mass is 526 g/mol. The Balaban J connectivity index is 1.79. The lowest BCUT2D eigenvalue weighted by molar-refractivity contribution is 0.102. The fourth-order valence-electron chi connectivity index (χ4n) is 3.50. The number of amides is 1. The first-order valence-corrected chi connectivity index (χ1v) is 13.0. The minimum Gasteiger partial charge on any atom is -0.497 e. The molecule has 4 rings (SSSR count). The average Bonchev–Trinajstić information content (AvgIpc) is 3.36. The van der Waals surface area contributed by atoms with E-state index < -0.39 is 20.9 Å². The van der Waals surface area contributed by atoms with Gasteiger partial charge in [0.25, 0.3) is 5.91 Å². The second-order valence-electron chi connectivity index (χ2n) is 7.91. The number of aromatic nitrogens is 2. The Hall–Kier alpha value is -3.89. The Morgan fingerprint density at radius 3 is 2.61 bits per heavy atom. The Morgan fingerprint density at radius 1 is 1.11 bits per heavy atom. The van der Waals surface area contributed by atoms with E-state index in [1.165, 1.54) is 6.20 Å². The molecule has 0 saturated carbocycles. The molecule has 2 aromatic carbocycles. The molecule has 2 heterocycles. The van der Waals surface area contributed by atoms with E-state index in [9.17, 15) is 13.2 Å². The van der Waals surface area contributed by atoms with Crippen molar-refractivity contribution in [2.45, 2.75) is 18.2 Å². The van der Waals surface area contributed by atoms with Gasteiger partial charge in [0.1, 0.15) is 11.5 Å². The highest BCUT2D eigenvalue weighted by Crippen LogP contribution is 2.26. The maximum Gasteiger partial charge on any atom is 0.276 e. The molecule has 9 nitrogen and oxygen atoms in total. The molecular formula is C25H23ClN4O5S. The number of carbonyl (C=O) groups excluding carboxylic acids is 1. The zero-order chi connectivity index (χ0) is 25.7. The number of nitrogens with one attached hydrogen (secondary N) is 1. The van der Waals surface area contributed by atoms with E-state index in [-0.39, 0.29) is 12.2 Å². The van der Waals surface area contributed by atoms with Crippen molar-refractivity contribution in [1.82, 2.24) is 9.97 Å². The van der Waals surface area contributed by atoms with E-state index in [0.717, 1.165) is 11.8 Å². The number of carbonyl (C=O) groups is 1. The van der Waals surface area contributed by atoms with Crippen LogP contribution in [-0.2, 0) is 22.9 Å². The van der Waals surface area contributed by atoms with Gasteiger partial charge in [-0.1, -0.05) is 29.8 Å². The Kier molecular flexibility index (Phi) is 7.56. The van der Waals surface area contributed by atoms with E-state index in [1.54, 1.807) is 49.8 Å². The molecule has 0 aliphatic rings. The lowest BCUT2D eigenvalue weighted by atomic mass is 10.1. The Morgan fingerprint density at radius 2 is 1.92 bits per heavy atom. The molecule has 0 radical (unpaired) electrons. The summed E-state index contributed by atoms with van der Waals surface area (Å²) in [6.45, 7) is 0.597. The van der Waals surface area contributed by atoms with E-state index >= 15 is 0 Å². The Bertz CT molecular complexity index is 1480. The van der Waals surface area contributed by atoms with Gasteiger partial charge in [-0.2, -0.15) is 0 Å². The van der Waals surface area contributed by atoms with Crippen molar-refractivity contribution in [3.63, 3.8) is 0 Å². The third-order valence-electron chi connectivity index (χ3n) is 5.15. The van der Waals surface area contributed by atoms with Crippen molar-refractivity contribution in [3.05, 3.63) is 95.2 Å². The topological polar surface area (TPSA) is 115 Å². The maximum absolute atomic E-state index is 13.4. The van der Waals surface area contributed by atoms with Crippen LogP contribution in [0, 0.1) is 0 Å². The van der Waals surface area contributed by atoms with Crippen LogP contribution in [0.5, 0.6) is 5.75 Å². The minimum atomic E-state index is -3.78. The predicted octanol–water partition coefficient (Wildman–Crippen LogP) is 4.59. The molecule has 4 aromatic rings. The normalized spacial score (nSPS) is 11.2. The summed E-state index contributed by atoms with van der Waals surface area (Å²) < 4.78 is 35.3. The van der Waals surface area contributed by atoms with Crippen LogP contribution in [0.1, 0.15) is 21.8 Å². The largest absolute Gasteiger partial charge is 0.497 e. The molecule has 0 saturated heterocycles. The molecule has 2 aromatic heterocycles. The van der Waals surface area contributed by atoms with Gasteiger partial charge in [0.2, 0.25) is 15.0 Å². The highest BCUT2D eigenvalue weighted by molar-refractivity contribution is 7.90. The lowest BCUT2D eigenvalue weighted by Gasteiger charge is -2.25. The molecule has 0 aliphatic carbocycles. The molecule has 186 valence electrons. The van der Waals surface area contributed by atoms with Crippen LogP contribution in [-0.4, -0.2) is 37.7 Å². The molecule has 1 N–H and O–H groups in total. The van der Waals surface area contributed by atoms with Gasteiger partial charge in [-0.3, -0.25) is 4.79 Å². The van der Waals surface area contributed by atoms with Crippen LogP contribution in [0.15, 0.2) is 82.7 Å². The third-order valence-corrected chi connectivity index (χ3v) is 6.25. The molecule has 0 aliphatic heterocycles. The number of rotatable bonds is 9. The van der Waals surface area contributed by atoms with E-state index in [1.807, 2.05) is 29.2 Å². The van der Waals surface area contributed by atoms with Crippen molar-refractivity contribution in [1.29, 1.82) is 0 Å². The zero-order valence-electron chi connectivity index (χ0n) is 19.5. The molecular weight excluding hydrogens is 504 g/mol. The van der Waals surface area contributed by atoms with Gasteiger partial charge in [-0.05, 0) is 48.0 Å². The number of hydrogen-bond acceptors (Lipinski definition) is 8. The summed E-state index contributed by atoms with van der Waals surface area (Å²) in [6, 6.07) is 17.6. The second-order valence-corrected chi connectivity index (χ2v) is 10.3. The highest BCUT2D eigenvalue weighted by atomic mass is 35.5. The summed E-state index contributed by atoms with van der Waals surface area (Å²) in [5, 5.41) is 2.71. The van der Waals surface area contributed by atoms with Crippen LogP contribution in [0.2, 0.25) is 5.02 Å². The number of halogens is 1. The predicted molar refractivity (Wildman–Crippen MR) is 136 cm³/mol. The number of ether oxygens (including phenoxy) is 1. The standard InChI is InChI=1S/C25H23ClN4O5S/c1-34-20-9-3-6-17(12-20)15-30(16-21-10-5-11-35-21)22-14-27-25(36(2,32)33)29-23(22)24(31)28-19-8-4-7-18(26)13-19/h3-14H,15-16H2,1-2H3,(H,28,31). The highest BCUT2D eigenvalue weighted by Gasteiger charge is 2.24. The summed E-state index contributed by atoms with van der Waals surface area (Å²) in [5.74, 6) is 0.689. The maximum atomic E-state index is 13.4. The van der Waals surface area contributed by atoms with Crippen LogP contribution in [0.25, 0.3) is 0 Å². The van der Waals surface area contributed by atoms with Crippen molar-refractivity contribution in [2.24, 2.45) is 0 Å². The number of methoxy groups -OCH3 is 1. The quantitative estimate of drug-likeness (QED) is 0.315.